The van der Waals surface area contributed by atoms with Crippen molar-refractivity contribution in [3.8, 4) is 0 Å². The van der Waals surface area contributed by atoms with Gasteiger partial charge in [0.1, 0.15) is 0 Å². The maximum atomic E-state index is 12.5. The quantitative estimate of drug-likeness (QED) is 0.844. The van der Waals surface area contributed by atoms with E-state index in [1.165, 1.54) is 5.56 Å². The summed E-state index contributed by atoms with van der Waals surface area (Å²) in [7, 11) is 0. The van der Waals surface area contributed by atoms with Crippen molar-refractivity contribution in [1.82, 2.24) is 9.88 Å². The summed E-state index contributed by atoms with van der Waals surface area (Å²) in [6.45, 7) is 3.71. The van der Waals surface area contributed by atoms with Gasteiger partial charge in [-0.3, -0.25) is 14.6 Å². The molecule has 0 saturated carbocycles. The minimum absolute atomic E-state index is 0.0141. The van der Waals surface area contributed by atoms with Gasteiger partial charge in [0.05, 0.1) is 6.42 Å². The molecule has 0 unspecified atom stereocenters. The lowest BCUT2D eigenvalue weighted by Crippen LogP contribution is -2.65. The van der Waals surface area contributed by atoms with Gasteiger partial charge in [-0.25, -0.2) is 0 Å². The van der Waals surface area contributed by atoms with Crippen LogP contribution in [0.5, 0.6) is 0 Å². The Kier molecular flexibility index (Phi) is 3.79. The van der Waals surface area contributed by atoms with Crippen molar-refractivity contribution in [2.24, 2.45) is 5.41 Å². The molecule has 0 aliphatic carbocycles. The Morgan fingerprint density at radius 2 is 1.84 bits per heavy atom. The molecule has 1 saturated heterocycles. The van der Waals surface area contributed by atoms with E-state index in [2.05, 4.69) is 11.1 Å². The first-order valence-electron chi connectivity index (χ1n) is 8.60. The molecule has 5 nitrogen and oxygen atoms in total. The fraction of sp³-hybridized carbons (Fsp3) is 0.350. The highest BCUT2D eigenvalue weighted by atomic mass is 16.2. The van der Waals surface area contributed by atoms with Crippen LogP contribution < -0.4 is 4.90 Å². The fourth-order valence-electron chi connectivity index (χ4n) is 4.01. The normalized spacial score (nSPS) is 17.8. The summed E-state index contributed by atoms with van der Waals surface area (Å²) in [4.78, 5) is 32.5. The minimum Gasteiger partial charge on any atom is -0.341 e. The Bertz CT molecular complexity index is 813. The molecule has 2 aliphatic rings. The maximum absolute atomic E-state index is 12.5. The highest BCUT2D eigenvalue weighted by molar-refractivity contribution is 5.93. The third-order valence-electron chi connectivity index (χ3n) is 5.19. The highest BCUT2D eigenvalue weighted by Gasteiger charge is 2.49. The molecule has 0 N–H and O–H groups in total. The van der Waals surface area contributed by atoms with Crippen LogP contribution in [0.1, 0.15) is 18.2 Å². The molecule has 0 bridgehead atoms. The van der Waals surface area contributed by atoms with Crippen LogP contribution in [0.15, 0.2) is 48.7 Å². The number of carbonyl (C=O) groups excluding carboxylic acids is 2. The first-order valence-corrected chi connectivity index (χ1v) is 8.60. The predicted octanol–water partition coefficient (Wildman–Crippen LogP) is 2.06. The molecule has 4 rings (SSSR count). The largest absolute Gasteiger partial charge is 0.341 e. The molecule has 5 heteroatoms. The average molecular weight is 335 g/mol. The van der Waals surface area contributed by atoms with Gasteiger partial charge in [-0.05, 0) is 30.2 Å². The van der Waals surface area contributed by atoms with Crippen molar-refractivity contribution in [3.63, 3.8) is 0 Å². The number of hydrogen-bond donors (Lipinski definition) is 0. The third-order valence-corrected chi connectivity index (χ3v) is 5.19. The summed E-state index contributed by atoms with van der Waals surface area (Å²) >= 11 is 0. The molecule has 25 heavy (non-hydrogen) atoms. The number of carbonyl (C=O) groups is 2. The van der Waals surface area contributed by atoms with Gasteiger partial charge in [0.2, 0.25) is 11.8 Å². The van der Waals surface area contributed by atoms with Gasteiger partial charge in [0, 0.05) is 49.6 Å². The molecule has 0 radical (unpaired) electrons. The van der Waals surface area contributed by atoms with Gasteiger partial charge in [-0.2, -0.15) is 0 Å². The van der Waals surface area contributed by atoms with Crippen LogP contribution in [0.2, 0.25) is 0 Å². The fourth-order valence-corrected chi connectivity index (χ4v) is 4.01. The van der Waals surface area contributed by atoms with Crippen LogP contribution in [-0.2, 0) is 22.4 Å². The van der Waals surface area contributed by atoms with Gasteiger partial charge in [0.25, 0.3) is 0 Å². The molecule has 1 aromatic heterocycles. The van der Waals surface area contributed by atoms with Gasteiger partial charge in [-0.15, -0.1) is 0 Å². The molecule has 1 aromatic carbocycles. The minimum atomic E-state index is -0.0141. The summed E-state index contributed by atoms with van der Waals surface area (Å²) < 4.78 is 0. The number of rotatable bonds is 2. The van der Waals surface area contributed by atoms with E-state index in [1.54, 1.807) is 13.1 Å². The lowest BCUT2D eigenvalue weighted by atomic mass is 9.71. The number of nitrogens with zero attached hydrogens (tertiary/aromatic N) is 3. The SMILES string of the molecule is CC(=O)N1CC2(Cc3ccccc31)CN(C(=O)Cc1ccccn1)C2. The standard InChI is InChI=1S/C20H21N3O2/c1-15(24)23-14-20(11-16-6-2-3-8-18(16)23)12-22(13-20)19(25)10-17-7-4-5-9-21-17/h2-9H,10-14H2,1H3. The van der Waals surface area contributed by atoms with E-state index in [1.807, 2.05) is 46.2 Å². The predicted molar refractivity (Wildman–Crippen MR) is 95.1 cm³/mol. The second kappa shape index (κ2) is 5.99. The van der Waals surface area contributed by atoms with Crippen molar-refractivity contribution in [1.29, 1.82) is 0 Å². The Balaban J connectivity index is 1.47. The zero-order valence-corrected chi connectivity index (χ0v) is 14.3. The first-order chi connectivity index (χ1) is 12.1. The number of amides is 2. The molecule has 0 atom stereocenters. The topological polar surface area (TPSA) is 53.5 Å². The van der Waals surface area contributed by atoms with E-state index < -0.39 is 0 Å². The Labute approximate surface area is 147 Å². The van der Waals surface area contributed by atoms with E-state index in [4.69, 9.17) is 0 Å². The third kappa shape index (κ3) is 2.90. The van der Waals surface area contributed by atoms with Crippen molar-refractivity contribution in [2.75, 3.05) is 24.5 Å². The Morgan fingerprint density at radius 3 is 2.56 bits per heavy atom. The summed E-state index contributed by atoms with van der Waals surface area (Å²) in [5, 5.41) is 0. The maximum Gasteiger partial charge on any atom is 0.228 e. The number of fused-ring (bicyclic) bond motifs is 1. The number of pyridine rings is 1. The molecule has 3 heterocycles. The van der Waals surface area contributed by atoms with Crippen molar-refractivity contribution < 1.29 is 9.59 Å². The van der Waals surface area contributed by atoms with E-state index in [-0.39, 0.29) is 17.2 Å². The van der Waals surface area contributed by atoms with E-state index in [9.17, 15) is 9.59 Å². The molecule has 2 aliphatic heterocycles. The first kappa shape index (κ1) is 15.8. The summed E-state index contributed by atoms with van der Waals surface area (Å²) in [6, 6.07) is 13.7. The van der Waals surface area contributed by atoms with Gasteiger partial charge < -0.3 is 9.80 Å². The molecule has 128 valence electrons. The molecule has 1 spiro atoms. The molecule has 2 amide bonds. The highest BCUT2D eigenvalue weighted by Crippen LogP contribution is 2.42. The number of para-hydroxylation sites is 1. The van der Waals surface area contributed by atoms with Gasteiger partial charge in [-0.1, -0.05) is 24.3 Å². The Morgan fingerprint density at radius 1 is 1.08 bits per heavy atom. The number of aromatic nitrogens is 1. The lowest BCUT2D eigenvalue weighted by molar-refractivity contribution is -0.142. The van der Waals surface area contributed by atoms with Crippen LogP contribution in [0.4, 0.5) is 5.69 Å². The number of likely N-dealkylation sites (tertiary alicyclic amines) is 1. The zero-order chi connectivity index (χ0) is 17.4. The average Bonchev–Trinajstić information content (AvgIpc) is 2.59. The van der Waals surface area contributed by atoms with Crippen molar-refractivity contribution in [3.05, 3.63) is 59.9 Å². The van der Waals surface area contributed by atoms with Gasteiger partial charge >= 0.3 is 0 Å². The number of anilines is 1. The van der Waals surface area contributed by atoms with Crippen LogP contribution >= 0.6 is 0 Å². The molecular weight excluding hydrogens is 314 g/mol. The second-order valence-electron chi connectivity index (χ2n) is 7.16. The van der Waals surface area contributed by atoms with Gasteiger partial charge in [0.15, 0.2) is 0 Å². The monoisotopic (exact) mass is 335 g/mol. The summed E-state index contributed by atoms with van der Waals surface area (Å²) in [5.74, 6) is 0.169. The Hall–Kier alpha value is -2.69. The van der Waals surface area contributed by atoms with Crippen LogP contribution in [0.25, 0.3) is 0 Å². The lowest BCUT2D eigenvalue weighted by Gasteiger charge is -2.54. The summed E-state index contributed by atoms with van der Waals surface area (Å²) in [5.41, 5.74) is 2.99. The van der Waals surface area contributed by atoms with Crippen LogP contribution in [-0.4, -0.2) is 41.3 Å². The van der Waals surface area contributed by atoms with Crippen LogP contribution in [0, 0.1) is 5.41 Å². The molecular formula is C20H21N3O2. The van der Waals surface area contributed by atoms with E-state index in [0.29, 0.717) is 26.1 Å². The van der Waals surface area contributed by atoms with Crippen molar-refractivity contribution >= 4 is 17.5 Å². The number of hydrogen-bond acceptors (Lipinski definition) is 3. The van der Waals surface area contributed by atoms with Crippen LogP contribution in [0.3, 0.4) is 0 Å². The zero-order valence-electron chi connectivity index (χ0n) is 14.3. The van der Waals surface area contributed by atoms with Crippen molar-refractivity contribution in [2.45, 2.75) is 19.8 Å². The number of benzene rings is 1. The molecule has 2 aromatic rings. The second-order valence-corrected chi connectivity index (χ2v) is 7.16. The van der Waals surface area contributed by atoms with E-state index in [0.717, 1.165) is 17.8 Å². The smallest absolute Gasteiger partial charge is 0.228 e. The van der Waals surface area contributed by atoms with E-state index >= 15 is 0 Å². The molecule has 1 fully saturated rings. The summed E-state index contributed by atoms with van der Waals surface area (Å²) in [6.07, 6.45) is 2.97.